The van der Waals surface area contributed by atoms with Crippen LogP contribution in [0.4, 0.5) is 0 Å². The van der Waals surface area contributed by atoms with Crippen LogP contribution in [-0.4, -0.2) is 19.6 Å². The van der Waals surface area contributed by atoms with Crippen molar-refractivity contribution in [2.45, 2.75) is 0 Å². The fourth-order valence-electron chi connectivity index (χ4n) is 0.139. The summed E-state index contributed by atoms with van der Waals surface area (Å²) in [4.78, 5) is 31.0. The van der Waals surface area contributed by atoms with Gasteiger partial charge in [-0.15, -0.1) is 0 Å². The Kier molecular flexibility index (Phi) is 5.79. The average Bonchev–Trinajstić information content (AvgIpc) is 1.14. The van der Waals surface area contributed by atoms with E-state index in [1.54, 1.807) is 0 Å². The van der Waals surface area contributed by atoms with Crippen LogP contribution in [0.1, 0.15) is 0 Å². The summed E-state index contributed by atoms with van der Waals surface area (Å²) in [6, 6.07) is 0. The van der Waals surface area contributed by atoms with Crippen molar-refractivity contribution >= 4 is 15.6 Å². The first-order valence-corrected chi connectivity index (χ1v) is 4.59. The summed E-state index contributed by atoms with van der Waals surface area (Å²) in [6.45, 7) is 0. The zero-order valence-corrected chi connectivity index (χ0v) is 9.79. The second kappa shape index (κ2) is 4.23. The van der Waals surface area contributed by atoms with E-state index in [0.717, 1.165) is 0 Å². The Morgan fingerprint density at radius 3 is 1.10 bits per heavy atom. The van der Waals surface area contributed by atoms with Crippen LogP contribution in [0.5, 0.6) is 0 Å². The predicted octanol–water partition coefficient (Wildman–Crippen LogP) is -0.814. The van der Waals surface area contributed by atoms with Gasteiger partial charge in [0.2, 0.25) is 0 Å². The molecule has 0 bridgehead atoms. The van der Waals surface area contributed by atoms with Gasteiger partial charge in [-0.25, -0.2) is 9.13 Å². The van der Waals surface area contributed by atoms with Gasteiger partial charge >= 0.3 is 15.6 Å². The van der Waals surface area contributed by atoms with Gasteiger partial charge < -0.3 is 19.6 Å². The first-order valence-electron chi connectivity index (χ1n) is 1.53. The van der Waals surface area contributed by atoms with Crippen molar-refractivity contribution in [3.05, 3.63) is 0 Å². The molecular weight excluding hydrogens is 352 g/mol. The molecule has 10 heavy (non-hydrogen) atoms. The van der Waals surface area contributed by atoms with Gasteiger partial charge in [0.25, 0.3) is 0 Å². The van der Waals surface area contributed by atoms with E-state index in [0.29, 0.717) is 0 Å². The molecule has 0 aromatic rings. The monoisotopic (exact) mass is 358 g/mol. The normalized spacial score (nSPS) is 12.4. The van der Waals surface area contributed by atoms with Gasteiger partial charge in [-0.3, -0.25) is 0 Å². The van der Waals surface area contributed by atoms with Crippen LogP contribution in [0.15, 0.2) is 0 Å². The van der Waals surface area contributed by atoms with Gasteiger partial charge in [-0.1, -0.05) is 0 Å². The van der Waals surface area contributed by atoms with E-state index in [1.165, 1.54) is 0 Å². The summed E-state index contributed by atoms with van der Waals surface area (Å²) >= 11 is 0. The van der Waals surface area contributed by atoms with Crippen molar-refractivity contribution in [3.63, 3.8) is 0 Å². The Morgan fingerprint density at radius 2 is 1.10 bits per heavy atom. The molecule has 60 valence electrons. The molecule has 0 aliphatic heterocycles. The second-order valence-corrected chi connectivity index (χ2v) is 3.68. The molecule has 7 nitrogen and oxygen atoms in total. The first kappa shape index (κ1) is 13.7. The third kappa shape index (κ3) is 11.9. The van der Waals surface area contributed by atoms with E-state index in [2.05, 4.69) is 4.31 Å². The smallest absolute Gasteiger partial charge is 0.302 e. The van der Waals surface area contributed by atoms with Gasteiger partial charge in [0.15, 0.2) is 0 Å². The molecule has 0 rings (SSSR count). The molecule has 10 heteroatoms. The zero-order valence-electron chi connectivity index (χ0n) is 4.41. The standard InChI is InChI=1S/Hf.H4O7P2/c;1-8(2,3)7-9(4,5)6/h;(H2,1,2,3)(H2,4,5,6). The fourth-order valence-corrected chi connectivity index (χ4v) is 1.25. The van der Waals surface area contributed by atoms with Gasteiger partial charge in [-0.2, -0.15) is 4.31 Å². The molecule has 0 aliphatic carbocycles. The van der Waals surface area contributed by atoms with E-state index in [1.807, 2.05) is 0 Å². The summed E-state index contributed by atoms with van der Waals surface area (Å²) in [6.07, 6.45) is 0. The number of hydrogen-bond donors (Lipinski definition) is 4. The molecule has 0 aromatic carbocycles. The van der Waals surface area contributed by atoms with E-state index in [4.69, 9.17) is 19.6 Å². The molecule has 0 aliphatic rings. The Morgan fingerprint density at radius 1 is 0.900 bits per heavy atom. The first-order chi connectivity index (χ1) is 3.71. The van der Waals surface area contributed by atoms with E-state index in [9.17, 15) is 9.13 Å². The van der Waals surface area contributed by atoms with Gasteiger partial charge in [0.05, 0.1) is 0 Å². The van der Waals surface area contributed by atoms with Crippen LogP contribution >= 0.6 is 15.6 Å². The molecular formula is H4HfO7P2. The summed E-state index contributed by atoms with van der Waals surface area (Å²) < 4.78 is 22.2. The quantitative estimate of drug-likeness (QED) is 0.377. The van der Waals surface area contributed by atoms with Crippen molar-refractivity contribution in [2.24, 2.45) is 0 Å². The molecule has 0 heterocycles. The maximum absolute atomic E-state index is 9.63. The Hall–Kier alpha value is 1.13. The van der Waals surface area contributed by atoms with Crippen molar-refractivity contribution in [3.8, 4) is 0 Å². The molecule has 0 amide bonds. The van der Waals surface area contributed by atoms with Crippen molar-refractivity contribution in [2.75, 3.05) is 0 Å². The van der Waals surface area contributed by atoms with Crippen molar-refractivity contribution in [1.82, 2.24) is 0 Å². The van der Waals surface area contributed by atoms with Crippen LogP contribution in [0.25, 0.3) is 0 Å². The summed E-state index contributed by atoms with van der Waals surface area (Å²) in [5.41, 5.74) is 0. The molecule has 0 saturated carbocycles. The molecule has 0 saturated heterocycles. The average molecular weight is 356 g/mol. The van der Waals surface area contributed by atoms with E-state index < -0.39 is 15.6 Å². The minimum Gasteiger partial charge on any atom is -0.302 e. The van der Waals surface area contributed by atoms with Crippen molar-refractivity contribution in [1.29, 1.82) is 0 Å². The van der Waals surface area contributed by atoms with Crippen LogP contribution in [0.3, 0.4) is 0 Å². The SMILES string of the molecule is O=P(O)(O)OP(=O)(O)O.[Hf]. The maximum Gasteiger partial charge on any atom is 0.478 e. The van der Waals surface area contributed by atoms with Crippen LogP contribution in [-0.2, 0) is 39.3 Å². The molecule has 0 fully saturated rings. The van der Waals surface area contributed by atoms with Gasteiger partial charge in [0, 0.05) is 25.8 Å². The van der Waals surface area contributed by atoms with Crippen molar-refractivity contribution < 1.29 is 58.9 Å². The topological polar surface area (TPSA) is 124 Å². The fraction of sp³-hybridized carbons (Fsp3) is 0. The zero-order chi connectivity index (χ0) is 7.71. The number of hydrogen-bond acceptors (Lipinski definition) is 3. The summed E-state index contributed by atoms with van der Waals surface area (Å²) in [5, 5.41) is 0. The summed E-state index contributed by atoms with van der Waals surface area (Å²) in [5.74, 6) is 0. The molecule has 0 spiro atoms. The minimum atomic E-state index is -5.05. The molecule has 0 aromatic heterocycles. The number of rotatable bonds is 2. The van der Waals surface area contributed by atoms with E-state index >= 15 is 0 Å². The Labute approximate surface area is 74.7 Å². The number of phosphoric acid groups is 2. The third-order valence-corrected chi connectivity index (χ3v) is 1.91. The minimum absolute atomic E-state index is 0. The van der Waals surface area contributed by atoms with E-state index in [-0.39, 0.29) is 25.8 Å². The Balaban J connectivity index is 0. The van der Waals surface area contributed by atoms with Gasteiger partial charge in [-0.05, 0) is 0 Å². The summed E-state index contributed by atoms with van der Waals surface area (Å²) in [7, 11) is -10.1. The predicted molar refractivity (Wildman–Crippen MR) is 25.2 cm³/mol. The van der Waals surface area contributed by atoms with Crippen LogP contribution in [0.2, 0.25) is 0 Å². The molecule has 4 N–H and O–H groups in total. The second-order valence-electron chi connectivity index (χ2n) is 1.06. The van der Waals surface area contributed by atoms with Crippen LogP contribution < -0.4 is 0 Å². The molecule has 0 atom stereocenters. The van der Waals surface area contributed by atoms with Gasteiger partial charge in [0.1, 0.15) is 0 Å². The van der Waals surface area contributed by atoms with Crippen LogP contribution in [0, 0.1) is 0 Å². The third-order valence-electron chi connectivity index (χ3n) is 0.213. The molecule has 0 radical (unpaired) electrons. The molecule has 0 unspecified atom stereocenters. The Bertz CT molecular complexity index is 152. The maximum atomic E-state index is 9.63. The largest absolute Gasteiger partial charge is 0.478 e.